The van der Waals surface area contributed by atoms with E-state index < -0.39 is 23.4 Å². The van der Waals surface area contributed by atoms with Gasteiger partial charge in [-0.05, 0) is 36.4 Å². The number of carboxylic acid groups (broad SMARTS) is 2. The second-order valence-electron chi connectivity index (χ2n) is 4.21. The summed E-state index contributed by atoms with van der Waals surface area (Å²) in [5, 5.41) is 44.0. The number of hydrogen-bond acceptors (Lipinski definition) is 6. The third kappa shape index (κ3) is 3.18. The first kappa shape index (κ1) is 15.0. The number of carbonyl (C=O) groups is 2. The van der Waals surface area contributed by atoms with Gasteiger partial charge in [0, 0.05) is 0 Å². The lowest BCUT2D eigenvalue weighted by molar-refractivity contribution is 0.0682. The standard InChI is InChI=1S/C14H10N2O6/c17-11-3-1-7(5-9(11)13(19)20)15-16-8-2-4-12(18)10(6-8)14(21)22/h1-6,17-18H,(H,19,20)(H,21,22)/i1+1,2+1,3+1,4+1,5+1,6+1,7+1,8+1,9+1,10+1,11+1,12+1. The molecule has 0 radical (unpaired) electrons. The van der Waals surface area contributed by atoms with E-state index in [1.54, 1.807) is 0 Å². The minimum absolute atomic E-state index is 0.167. The van der Waals surface area contributed by atoms with Crippen LogP contribution in [0.5, 0.6) is 11.5 Å². The minimum Gasteiger partial charge on any atom is -0.507 e. The first-order chi connectivity index (χ1) is 10.4. The first-order valence-electron chi connectivity index (χ1n) is 5.93. The molecule has 2 rings (SSSR count). The van der Waals surface area contributed by atoms with Gasteiger partial charge in [0.15, 0.2) is 0 Å². The highest BCUT2D eigenvalue weighted by Gasteiger charge is 2.11. The second-order valence-corrected chi connectivity index (χ2v) is 4.21. The summed E-state index contributed by atoms with van der Waals surface area (Å²) in [7, 11) is 0. The molecule has 0 aliphatic rings. The molecule has 0 aliphatic carbocycles. The highest BCUT2D eigenvalue weighted by Crippen LogP contribution is 2.27. The van der Waals surface area contributed by atoms with E-state index >= 15 is 0 Å². The Hall–Kier alpha value is -3.42. The Labute approximate surface area is 123 Å². The van der Waals surface area contributed by atoms with Crippen molar-refractivity contribution in [3.63, 3.8) is 0 Å². The molecule has 0 aromatic heterocycles. The predicted octanol–water partition coefficient (Wildman–Crippen LogP) is 2.91. The third-order valence-electron chi connectivity index (χ3n) is 2.70. The van der Waals surface area contributed by atoms with Crippen molar-refractivity contribution in [3.8, 4) is 11.5 Å². The normalized spacial score (nSPS) is 10.7. The molecular weight excluding hydrogens is 304 g/mol. The van der Waals surface area contributed by atoms with E-state index in [0.29, 0.717) is 0 Å². The number of benzene rings is 2. The van der Waals surface area contributed by atoms with Crippen molar-refractivity contribution >= 4 is 23.3 Å². The highest BCUT2D eigenvalue weighted by molar-refractivity contribution is 5.92. The van der Waals surface area contributed by atoms with Gasteiger partial charge in [0.25, 0.3) is 0 Å². The van der Waals surface area contributed by atoms with Crippen LogP contribution < -0.4 is 0 Å². The van der Waals surface area contributed by atoms with Crippen LogP contribution in [0.2, 0.25) is 0 Å². The fourth-order valence-electron chi connectivity index (χ4n) is 1.63. The van der Waals surface area contributed by atoms with Gasteiger partial charge in [-0.3, -0.25) is 0 Å². The summed E-state index contributed by atoms with van der Waals surface area (Å²) in [4.78, 5) is 21.8. The maximum Gasteiger partial charge on any atom is 0.339 e. The van der Waals surface area contributed by atoms with Crippen molar-refractivity contribution in [1.82, 2.24) is 0 Å². The van der Waals surface area contributed by atoms with E-state index in [1.807, 2.05) is 0 Å². The zero-order chi connectivity index (χ0) is 16.3. The van der Waals surface area contributed by atoms with Crippen LogP contribution in [0.25, 0.3) is 0 Å². The molecule has 112 valence electrons. The van der Waals surface area contributed by atoms with Gasteiger partial charge in [-0.25, -0.2) is 9.59 Å². The monoisotopic (exact) mass is 314 g/mol. The maximum absolute atomic E-state index is 10.9. The molecule has 2 aromatic rings. The number of rotatable bonds is 4. The van der Waals surface area contributed by atoms with Crippen molar-refractivity contribution in [1.29, 1.82) is 0 Å². The summed E-state index contributed by atoms with van der Waals surface area (Å²) in [5.74, 6) is -3.42. The van der Waals surface area contributed by atoms with Crippen molar-refractivity contribution in [3.05, 3.63) is 47.5 Å². The van der Waals surface area contributed by atoms with Crippen LogP contribution in [0.15, 0.2) is 46.6 Å². The van der Waals surface area contributed by atoms with E-state index in [1.165, 1.54) is 12.1 Å². The van der Waals surface area contributed by atoms with E-state index in [0.717, 1.165) is 24.3 Å². The van der Waals surface area contributed by atoms with Crippen LogP contribution in [-0.2, 0) is 0 Å². The Balaban J connectivity index is 2.33. The largest absolute Gasteiger partial charge is 0.507 e. The lowest BCUT2D eigenvalue weighted by Gasteiger charge is -2.01. The van der Waals surface area contributed by atoms with E-state index in [9.17, 15) is 19.8 Å². The maximum atomic E-state index is 10.9. The Bertz CT molecular complexity index is 719. The molecule has 0 saturated carbocycles. The van der Waals surface area contributed by atoms with E-state index in [2.05, 4.69) is 10.2 Å². The number of aromatic carboxylic acids is 2. The molecule has 0 saturated heterocycles. The molecule has 0 atom stereocenters. The smallest absolute Gasteiger partial charge is 0.339 e. The average molecular weight is 314 g/mol. The van der Waals surface area contributed by atoms with Gasteiger partial charge in [0.2, 0.25) is 0 Å². The van der Waals surface area contributed by atoms with Gasteiger partial charge < -0.3 is 20.4 Å². The Morgan fingerprint density at radius 3 is 1.41 bits per heavy atom. The van der Waals surface area contributed by atoms with Crippen LogP contribution in [-0.4, -0.2) is 32.4 Å². The summed E-state index contributed by atoms with van der Waals surface area (Å²) in [6.07, 6.45) is 0. The number of carboxylic acids is 2. The molecular formula is C14H10N2O6. The molecule has 2 aromatic carbocycles. The molecule has 0 amide bonds. The molecule has 22 heavy (non-hydrogen) atoms. The van der Waals surface area contributed by atoms with Crippen LogP contribution >= 0.6 is 0 Å². The molecule has 4 N–H and O–H groups in total. The molecule has 8 heteroatoms. The van der Waals surface area contributed by atoms with E-state index in [-0.39, 0.29) is 22.5 Å². The molecule has 0 unspecified atom stereocenters. The molecule has 0 heterocycles. The Morgan fingerprint density at radius 1 is 0.727 bits per heavy atom. The second kappa shape index (κ2) is 5.92. The van der Waals surface area contributed by atoms with Crippen LogP contribution in [0.1, 0.15) is 20.7 Å². The Kier molecular flexibility index (Phi) is 4.03. The molecule has 0 aliphatic heterocycles. The van der Waals surface area contributed by atoms with Gasteiger partial charge >= 0.3 is 11.9 Å². The fourth-order valence-corrected chi connectivity index (χ4v) is 1.63. The fraction of sp³-hybridized carbons (Fsp3) is 0. The predicted molar refractivity (Wildman–Crippen MR) is 74.3 cm³/mol. The number of hydrogen-bond donors (Lipinski definition) is 4. The highest BCUT2D eigenvalue weighted by atomic mass is 16.4. The third-order valence-corrected chi connectivity index (χ3v) is 2.70. The quantitative estimate of drug-likeness (QED) is 0.640. The summed E-state index contributed by atoms with van der Waals surface area (Å²) in [6, 6.07) is 7.28. The van der Waals surface area contributed by atoms with Crippen LogP contribution in [0.4, 0.5) is 11.4 Å². The number of aromatic hydroxyl groups is 2. The SMILES string of the molecule is O=C(O)[13c]1[13cH][13c](N=N[13c]2[13cH][13cH][13c](O)[13c](C(=O)O)[13cH]2)[13cH][13cH][13c]1O. The number of nitrogens with zero attached hydrogens (tertiary/aromatic N) is 2. The average Bonchev–Trinajstić information content (AvgIpc) is 2.47. The van der Waals surface area contributed by atoms with Crippen molar-refractivity contribution in [2.75, 3.05) is 0 Å². The lowest BCUT2D eigenvalue weighted by atomic mass is 10.9. The number of phenols is 2. The van der Waals surface area contributed by atoms with Crippen LogP contribution in [0.3, 0.4) is 0 Å². The molecule has 0 spiro atoms. The van der Waals surface area contributed by atoms with Gasteiger partial charge in [0.05, 0.1) is 11.4 Å². The summed E-state index contributed by atoms with van der Waals surface area (Å²) in [5.41, 5.74) is -0.318. The van der Waals surface area contributed by atoms with Gasteiger partial charge in [-0.2, -0.15) is 10.2 Å². The molecule has 0 bridgehead atoms. The summed E-state index contributed by atoms with van der Waals surface area (Å²) < 4.78 is 0. The number of azo groups is 1. The summed E-state index contributed by atoms with van der Waals surface area (Å²) >= 11 is 0. The van der Waals surface area contributed by atoms with Crippen molar-refractivity contribution in [2.45, 2.75) is 0 Å². The Morgan fingerprint density at radius 2 is 1.09 bits per heavy atom. The first-order valence-corrected chi connectivity index (χ1v) is 5.93. The van der Waals surface area contributed by atoms with Crippen molar-refractivity contribution in [2.24, 2.45) is 10.2 Å². The topological polar surface area (TPSA) is 140 Å². The van der Waals surface area contributed by atoms with Gasteiger partial charge in [-0.15, -0.1) is 0 Å². The summed E-state index contributed by atoms with van der Waals surface area (Å²) in [6.45, 7) is 0. The zero-order valence-electron chi connectivity index (χ0n) is 11.0. The van der Waals surface area contributed by atoms with Gasteiger partial charge in [-0.1, -0.05) is 0 Å². The molecule has 0 fully saturated rings. The minimum atomic E-state index is -1.31. The van der Waals surface area contributed by atoms with Crippen molar-refractivity contribution < 1.29 is 30.0 Å². The molecule has 8 nitrogen and oxygen atoms in total. The van der Waals surface area contributed by atoms with E-state index in [4.69, 9.17) is 10.2 Å². The lowest BCUT2D eigenvalue weighted by Crippen LogP contribution is -1.96. The van der Waals surface area contributed by atoms with Crippen LogP contribution in [0, 0.1) is 0 Å². The van der Waals surface area contributed by atoms with Gasteiger partial charge in [0.1, 0.15) is 22.6 Å². The zero-order valence-corrected chi connectivity index (χ0v) is 11.0.